The zero-order valence-corrected chi connectivity index (χ0v) is 14.4. The number of benzene rings is 2. The van der Waals surface area contributed by atoms with E-state index in [0.29, 0.717) is 24.6 Å². The van der Waals surface area contributed by atoms with Crippen LogP contribution < -0.4 is 16.8 Å². The molecule has 22 heavy (non-hydrogen) atoms. The van der Waals surface area contributed by atoms with E-state index < -0.39 is 5.91 Å². The van der Waals surface area contributed by atoms with Crippen molar-refractivity contribution in [2.45, 2.75) is 13.1 Å². The molecule has 0 saturated heterocycles. The Balaban J connectivity index is 0.00000242. The molecule has 0 aliphatic heterocycles. The van der Waals surface area contributed by atoms with E-state index in [4.69, 9.17) is 11.5 Å². The number of carbonyl (C=O) groups is 1. The van der Waals surface area contributed by atoms with Gasteiger partial charge in [-0.1, -0.05) is 42.5 Å². The average Bonchev–Trinajstić information content (AvgIpc) is 2.52. The second-order valence-electron chi connectivity index (χ2n) is 4.61. The quantitative estimate of drug-likeness (QED) is 0.400. The maximum Gasteiger partial charge on any atom is 0.248 e. The normalized spacial score (nSPS) is 10.6. The van der Waals surface area contributed by atoms with E-state index in [0.717, 1.165) is 11.1 Å². The summed E-state index contributed by atoms with van der Waals surface area (Å²) in [4.78, 5) is 15.3. The minimum Gasteiger partial charge on any atom is -0.370 e. The molecule has 2 rings (SSSR count). The second kappa shape index (κ2) is 9.04. The largest absolute Gasteiger partial charge is 0.370 e. The van der Waals surface area contributed by atoms with Crippen LogP contribution in [-0.2, 0) is 13.1 Å². The Labute approximate surface area is 146 Å². The molecule has 2 aromatic rings. The number of carbonyl (C=O) groups excluding carboxylic acids is 1. The van der Waals surface area contributed by atoms with E-state index >= 15 is 0 Å². The number of nitrogens with one attached hydrogen (secondary N) is 1. The van der Waals surface area contributed by atoms with Crippen molar-refractivity contribution in [2.24, 2.45) is 16.5 Å². The number of halogens is 1. The fraction of sp³-hybridized carbons (Fsp3) is 0.125. The number of rotatable bonds is 5. The highest BCUT2D eigenvalue weighted by Gasteiger charge is 2.01. The van der Waals surface area contributed by atoms with Crippen molar-refractivity contribution in [3.8, 4) is 0 Å². The molecule has 6 heteroatoms. The predicted octanol–water partition coefficient (Wildman–Crippen LogP) is 2.01. The molecule has 0 fully saturated rings. The molecular weight excluding hydrogens is 391 g/mol. The molecule has 0 saturated carbocycles. The van der Waals surface area contributed by atoms with E-state index in [1.807, 2.05) is 36.4 Å². The fourth-order valence-corrected chi connectivity index (χ4v) is 1.84. The van der Waals surface area contributed by atoms with Gasteiger partial charge in [0.1, 0.15) is 0 Å². The summed E-state index contributed by atoms with van der Waals surface area (Å²) in [6.07, 6.45) is 0. The highest BCUT2D eigenvalue weighted by Crippen LogP contribution is 2.06. The fourth-order valence-electron chi connectivity index (χ4n) is 1.84. The molecule has 0 aliphatic carbocycles. The summed E-state index contributed by atoms with van der Waals surface area (Å²) in [5.41, 5.74) is 13.5. The SMILES string of the molecule is I.NC(=O)c1cccc(CN=C(N)NCc2ccccc2)c1. The Hall–Kier alpha value is -2.09. The molecule has 0 heterocycles. The van der Waals surface area contributed by atoms with Crippen LogP contribution in [0.4, 0.5) is 0 Å². The van der Waals surface area contributed by atoms with E-state index in [1.165, 1.54) is 0 Å². The average molecular weight is 410 g/mol. The molecule has 0 spiro atoms. The predicted molar refractivity (Wildman–Crippen MR) is 99.0 cm³/mol. The number of primary amides is 1. The van der Waals surface area contributed by atoms with Crippen LogP contribution in [0, 0.1) is 0 Å². The Morgan fingerprint density at radius 1 is 1.00 bits per heavy atom. The van der Waals surface area contributed by atoms with Gasteiger partial charge in [-0.25, -0.2) is 4.99 Å². The molecule has 116 valence electrons. The Bertz CT molecular complexity index is 644. The molecule has 1 amide bonds. The Morgan fingerprint density at radius 3 is 2.36 bits per heavy atom. The van der Waals surface area contributed by atoms with Crippen molar-refractivity contribution >= 4 is 35.8 Å². The summed E-state index contributed by atoms with van der Waals surface area (Å²) in [7, 11) is 0. The highest BCUT2D eigenvalue weighted by atomic mass is 127. The summed E-state index contributed by atoms with van der Waals surface area (Å²) in [5, 5.41) is 3.04. The van der Waals surface area contributed by atoms with E-state index in [2.05, 4.69) is 10.3 Å². The number of nitrogens with two attached hydrogens (primary N) is 2. The van der Waals surface area contributed by atoms with Crippen LogP contribution in [0.3, 0.4) is 0 Å². The third-order valence-electron chi connectivity index (χ3n) is 2.96. The summed E-state index contributed by atoms with van der Waals surface area (Å²) in [6.45, 7) is 1.02. The van der Waals surface area contributed by atoms with Crippen LogP contribution in [0.5, 0.6) is 0 Å². The maximum atomic E-state index is 11.1. The zero-order chi connectivity index (χ0) is 15.1. The lowest BCUT2D eigenvalue weighted by molar-refractivity contribution is 0.1000. The van der Waals surface area contributed by atoms with Gasteiger partial charge >= 0.3 is 0 Å². The molecule has 0 unspecified atom stereocenters. The first-order chi connectivity index (χ1) is 10.1. The highest BCUT2D eigenvalue weighted by molar-refractivity contribution is 14.0. The molecule has 0 aromatic heterocycles. The van der Waals surface area contributed by atoms with Crippen molar-refractivity contribution in [3.63, 3.8) is 0 Å². The zero-order valence-electron chi connectivity index (χ0n) is 12.0. The van der Waals surface area contributed by atoms with E-state index in [-0.39, 0.29) is 24.0 Å². The second-order valence-corrected chi connectivity index (χ2v) is 4.61. The van der Waals surface area contributed by atoms with Gasteiger partial charge in [0, 0.05) is 12.1 Å². The van der Waals surface area contributed by atoms with Crippen molar-refractivity contribution in [2.75, 3.05) is 0 Å². The van der Waals surface area contributed by atoms with Crippen molar-refractivity contribution in [3.05, 3.63) is 71.3 Å². The van der Waals surface area contributed by atoms with Gasteiger partial charge < -0.3 is 16.8 Å². The van der Waals surface area contributed by atoms with Crippen molar-refractivity contribution in [1.82, 2.24) is 5.32 Å². The molecule has 0 aliphatic rings. The molecule has 0 bridgehead atoms. The smallest absolute Gasteiger partial charge is 0.248 e. The van der Waals surface area contributed by atoms with Gasteiger partial charge in [-0.2, -0.15) is 0 Å². The van der Waals surface area contributed by atoms with Gasteiger partial charge in [-0.3, -0.25) is 4.79 Å². The number of hydrogen-bond donors (Lipinski definition) is 3. The standard InChI is InChI=1S/C16H18N4O.HI/c17-15(21)14-8-4-7-13(9-14)11-20-16(18)19-10-12-5-2-1-3-6-12;/h1-9H,10-11H2,(H2,17,21)(H3,18,19,20);1H. The first-order valence-electron chi connectivity index (χ1n) is 6.61. The van der Waals surface area contributed by atoms with Crippen molar-refractivity contribution in [1.29, 1.82) is 0 Å². The monoisotopic (exact) mass is 410 g/mol. The molecule has 5 nitrogen and oxygen atoms in total. The Morgan fingerprint density at radius 2 is 1.68 bits per heavy atom. The van der Waals surface area contributed by atoms with Crippen LogP contribution in [0.2, 0.25) is 0 Å². The molecule has 2 aromatic carbocycles. The summed E-state index contributed by atoms with van der Waals surface area (Å²) >= 11 is 0. The lowest BCUT2D eigenvalue weighted by Crippen LogP contribution is -2.31. The topological polar surface area (TPSA) is 93.5 Å². The molecule has 5 N–H and O–H groups in total. The minimum absolute atomic E-state index is 0. The van der Waals surface area contributed by atoms with E-state index in [9.17, 15) is 4.79 Å². The first-order valence-corrected chi connectivity index (χ1v) is 6.61. The van der Waals surface area contributed by atoms with Crippen LogP contribution in [0.1, 0.15) is 21.5 Å². The Kier molecular flexibility index (Phi) is 7.38. The number of nitrogens with zero attached hydrogens (tertiary/aromatic N) is 1. The van der Waals surface area contributed by atoms with E-state index in [1.54, 1.807) is 18.2 Å². The van der Waals surface area contributed by atoms with Gasteiger partial charge in [0.2, 0.25) is 5.91 Å². The molecule has 0 radical (unpaired) electrons. The number of guanidine groups is 1. The van der Waals surface area contributed by atoms with Crippen LogP contribution >= 0.6 is 24.0 Å². The third-order valence-corrected chi connectivity index (χ3v) is 2.96. The number of hydrogen-bond acceptors (Lipinski definition) is 2. The summed E-state index contributed by atoms with van der Waals surface area (Å²) in [5.74, 6) is -0.0839. The van der Waals surface area contributed by atoms with Crippen molar-refractivity contribution < 1.29 is 4.79 Å². The summed E-state index contributed by atoms with van der Waals surface area (Å²) in [6, 6.07) is 17.0. The number of aliphatic imine (C=N–C) groups is 1. The number of amides is 1. The van der Waals surface area contributed by atoms with Gasteiger partial charge in [0.05, 0.1) is 6.54 Å². The molecule has 0 atom stereocenters. The maximum absolute atomic E-state index is 11.1. The van der Waals surface area contributed by atoms with Gasteiger partial charge in [0.15, 0.2) is 5.96 Å². The summed E-state index contributed by atoms with van der Waals surface area (Å²) < 4.78 is 0. The lowest BCUT2D eigenvalue weighted by atomic mass is 10.1. The lowest BCUT2D eigenvalue weighted by Gasteiger charge is -2.06. The third kappa shape index (κ3) is 5.72. The van der Waals surface area contributed by atoms with Gasteiger partial charge in [-0.05, 0) is 23.3 Å². The van der Waals surface area contributed by atoms with Crippen LogP contribution in [0.15, 0.2) is 59.6 Å². The van der Waals surface area contributed by atoms with Gasteiger partial charge in [0.25, 0.3) is 0 Å². The van der Waals surface area contributed by atoms with Crippen LogP contribution in [-0.4, -0.2) is 11.9 Å². The van der Waals surface area contributed by atoms with Gasteiger partial charge in [-0.15, -0.1) is 24.0 Å². The van der Waals surface area contributed by atoms with Crippen LogP contribution in [0.25, 0.3) is 0 Å². The molecular formula is C16H19IN4O. The first kappa shape index (κ1) is 18.0. The minimum atomic E-state index is -0.448.